The van der Waals surface area contributed by atoms with Crippen LogP contribution in [0, 0.1) is 0 Å². The van der Waals surface area contributed by atoms with Crippen LogP contribution in [0.25, 0.3) is 0 Å². The minimum absolute atomic E-state index is 0.182. The number of hydrogen-bond acceptors (Lipinski definition) is 5. The van der Waals surface area contributed by atoms with Gasteiger partial charge in [0.15, 0.2) is 5.11 Å². The van der Waals surface area contributed by atoms with Crippen LogP contribution < -0.4 is 10.1 Å². The molecule has 0 aliphatic heterocycles. The van der Waals surface area contributed by atoms with Crippen molar-refractivity contribution in [3.8, 4) is 5.75 Å². The fraction of sp³-hybridized carbons (Fsp3) is 0.423. The first-order valence-corrected chi connectivity index (χ1v) is 12.0. The number of nitrogens with zero attached hydrogens (tertiary/aromatic N) is 1. The average Bonchev–Trinajstić information content (AvgIpc) is 2.82. The molecule has 6 nitrogen and oxygen atoms in total. The van der Waals surface area contributed by atoms with E-state index < -0.39 is 0 Å². The molecule has 178 valence electrons. The maximum atomic E-state index is 12.7. The van der Waals surface area contributed by atoms with Crippen LogP contribution in [0.3, 0.4) is 0 Å². The van der Waals surface area contributed by atoms with E-state index in [0.717, 1.165) is 24.2 Å². The van der Waals surface area contributed by atoms with Crippen LogP contribution in [0.1, 0.15) is 61.9 Å². The van der Waals surface area contributed by atoms with Crippen molar-refractivity contribution >= 4 is 29.2 Å². The maximum Gasteiger partial charge on any atom is 0.307 e. The summed E-state index contributed by atoms with van der Waals surface area (Å²) < 4.78 is 10.8. The molecule has 0 unspecified atom stereocenters. The smallest absolute Gasteiger partial charge is 0.307 e. The van der Waals surface area contributed by atoms with Crippen LogP contribution in [0.4, 0.5) is 0 Å². The fourth-order valence-corrected chi connectivity index (χ4v) is 3.43. The number of thiocarbonyl (C=S) groups is 1. The van der Waals surface area contributed by atoms with Crippen molar-refractivity contribution in [2.45, 2.75) is 52.5 Å². The largest absolute Gasteiger partial charge is 0.494 e. The van der Waals surface area contributed by atoms with E-state index in [1.165, 1.54) is 12.8 Å². The number of hydrogen-bond donors (Lipinski definition) is 1. The minimum atomic E-state index is -0.302. The Bertz CT molecular complexity index is 872. The van der Waals surface area contributed by atoms with Gasteiger partial charge in [0.1, 0.15) is 5.75 Å². The summed E-state index contributed by atoms with van der Waals surface area (Å²) in [6.45, 7) is 5.77. The van der Waals surface area contributed by atoms with Crippen LogP contribution in [0.2, 0.25) is 0 Å². The summed E-state index contributed by atoms with van der Waals surface area (Å²) in [6, 6.07) is 16.8. The standard InChI is InChI=1S/C26H34N2O4S/c1-3-5-6-10-19-32-23-15-13-22(14-16-23)25(30)27-26(33)28(18-17-24(29)31-4-2)20-21-11-8-7-9-12-21/h7-9,11-16H,3-6,10,17-20H2,1-2H3,(H,27,30,33). The van der Waals surface area contributed by atoms with Gasteiger partial charge in [-0.15, -0.1) is 0 Å². The third-order valence-corrected chi connectivity index (χ3v) is 5.36. The molecule has 0 spiro atoms. The Kier molecular flexibility index (Phi) is 12.0. The summed E-state index contributed by atoms with van der Waals surface area (Å²) in [5.41, 5.74) is 1.51. The topological polar surface area (TPSA) is 67.9 Å². The minimum Gasteiger partial charge on any atom is -0.494 e. The molecule has 0 aliphatic rings. The quantitative estimate of drug-likeness (QED) is 0.249. The van der Waals surface area contributed by atoms with Gasteiger partial charge in [-0.25, -0.2) is 0 Å². The highest BCUT2D eigenvalue weighted by molar-refractivity contribution is 7.80. The van der Waals surface area contributed by atoms with Crippen molar-refractivity contribution in [2.24, 2.45) is 0 Å². The highest BCUT2D eigenvalue weighted by atomic mass is 32.1. The molecular formula is C26H34N2O4S. The molecule has 33 heavy (non-hydrogen) atoms. The first kappa shape index (κ1) is 26.3. The number of unbranched alkanes of at least 4 members (excludes halogenated alkanes) is 3. The first-order valence-electron chi connectivity index (χ1n) is 11.6. The number of ether oxygens (including phenoxy) is 2. The number of nitrogens with one attached hydrogen (secondary N) is 1. The third kappa shape index (κ3) is 10.0. The summed E-state index contributed by atoms with van der Waals surface area (Å²) in [7, 11) is 0. The van der Waals surface area contributed by atoms with Crippen LogP contribution in [0.15, 0.2) is 54.6 Å². The number of carbonyl (C=O) groups is 2. The van der Waals surface area contributed by atoms with E-state index in [9.17, 15) is 9.59 Å². The van der Waals surface area contributed by atoms with Crippen molar-refractivity contribution in [1.29, 1.82) is 0 Å². The highest BCUT2D eigenvalue weighted by Crippen LogP contribution is 2.14. The Hall–Kier alpha value is -2.93. The van der Waals surface area contributed by atoms with E-state index in [0.29, 0.717) is 31.9 Å². The fourth-order valence-electron chi connectivity index (χ4n) is 3.19. The molecule has 0 saturated heterocycles. The molecule has 0 fully saturated rings. The molecule has 2 rings (SSSR count). The van der Waals surface area contributed by atoms with Gasteiger partial charge in [-0.3, -0.25) is 14.9 Å². The molecule has 2 aromatic carbocycles. The Morgan fingerprint density at radius 3 is 2.36 bits per heavy atom. The van der Waals surface area contributed by atoms with Crippen LogP contribution in [-0.2, 0) is 16.1 Å². The van der Waals surface area contributed by atoms with Gasteiger partial charge in [-0.1, -0.05) is 56.5 Å². The number of carbonyl (C=O) groups excluding carboxylic acids is 2. The predicted octanol–water partition coefficient (Wildman–Crippen LogP) is 5.12. The molecule has 2 aromatic rings. The lowest BCUT2D eigenvalue weighted by Crippen LogP contribution is -2.43. The summed E-state index contributed by atoms with van der Waals surface area (Å²) in [4.78, 5) is 26.4. The van der Waals surface area contributed by atoms with Gasteiger partial charge in [0.2, 0.25) is 0 Å². The zero-order valence-corrected chi connectivity index (χ0v) is 20.4. The maximum absolute atomic E-state index is 12.7. The second-order valence-electron chi connectivity index (χ2n) is 7.65. The van der Waals surface area contributed by atoms with E-state index in [1.54, 1.807) is 36.1 Å². The Balaban J connectivity index is 1.94. The summed E-state index contributed by atoms with van der Waals surface area (Å²) in [5, 5.41) is 3.05. The van der Waals surface area contributed by atoms with Crippen molar-refractivity contribution in [3.05, 3.63) is 65.7 Å². The van der Waals surface area contributed by atoms with E-state index in [1.807, 2.05) is 30.3 Å². The van der Waals surface area contributed by atoms with E-state index in [2.05, 4.69) is 12.2 Å². The van der Waals surface area contributed by atoms with Gasteiger partial charge >= 0.3 is 5.97 Å². The summed E-state index contributed by atoms with van der Waals surface area (Å²) in [5.74, 6) is 0.143. The molecule has 0 atom stereocenters. The van der Waals surface area contributed by atoms with Crippen molar-refractivity contribution in [3.63, 3.8) is 0 Å². The molecular weight excluding hydrogens is 436 g/mol. The molecule has 0 radical (unpaired) electrons. The monoisotopic (exact) mass is 470 g/mol. The average molecular weight is 471 g/mol. The van der Waals surface area contributed by atoms with Crippen LogP contribution >= 0.6 is 12.2 Å². The van der Waals surface area contributed by atoms with Gasteiger partial charge in [-0.05, 0) is 55.4 Å². The summed E-state index contributed by atoms with van der Waals surface area (Å²) >= 11 is 5.50. The first-order chi connectivity index (χ1) is 16.0. The Morgan fingerprint density at radius 1 is 0.970 bits per heavy atom. The van der Waals surface area contributed by atoms with E-state index in [-0.39, 0.29) is 23.4 Å². The van der Waals surface area contributed by atoms with Gasteiger partial charge in [0.05, 0.1) is 19.6 Å². The third-order valence-electron chi connectivity index (χ3n) is 5.00. The lowest BCUT2D eigenvalue weighted by molar-refractivity contribution is -0.143. The molecule has 0 bridgehead atoms. The van der Waals surface area contributed by atoms with Gasteiger partial charge in [0.25, 0.3) is 5.91 Å². The normalized spacial score (nSPS) is 10.4. The van der Waals surface area contributed by atoms with Crippen LogP contribution in [0.5, 0.6) is 5.75 Å². The highest BCUT2D eigenvalue weighted by Gasteiger charge is 2.16. The number of amides is 1. The molecule has 0 aromatic heterocycles. The van der Waals surface area contributed by atoms with E-state index >= 15 is 0 Å². The molecule has 1 N–H and O–H groups in total. The predicted molar refractivity (Wildman–Crippen MR) is 134 cm³/mol. The summed E-state index contributed by atoms with van der Waals surface area (Å²) in [6.07, 6.45) is 4.76. The van der Waals surface area contributed by atoms with Crippen molar-refractivity contribution in [1.82, 2.24) is 10.2 Å². The molecule has 7 heteroatoms. The Labute approximate surface area is 202 Å². The van der Waals surface area contributed by atoms with Crippen LogP contribution in [-0.4, -0.2) is 41.6 Å². The SMILES string of the molecule is CCCCCCOc1ccc(C(=O)NC(=S)N(CCC(=O)OCC)Cc2ccccc2)cc1. The Morgan fingerprint density at radius 2 is 1.70 bits per heavy atom. The lowest BCUT2D eigenvalue weighted by atomic mass is 10.2. The second kappa shape index (κ2) is 15.0. The van der Waals surface area contributed by atoms with Crippen molar-refractivity contribution < 1.29 is 19.1 Å². The zero-order valence-electron chi connectivity index (χ0n) is 19.5. The molecule has 1 amide bonds. The van der Waals surface area contributed by atoms with Gasteiger partial charge in [-0.2, -0.15) is 0 Å². The second-order valence-corrected chi connectivity index (χ2v) is 8.04. The zero-order chi connectivity index (χ0) is 23.9. The number of benzene rings is 2. The van der Waals surface area contributed by atoms with E-state index in [4.69, 9.17) is 21.7 Å². The lowest BCUT2D eigenvalue weighted by Gasteiger charge is -2.25. The number of esters is 1. The molecule has 0 heterocycles. The van der Waals surface area contributed by atoms with Crippen molar-refractivity contribution in [2.75, 3.05) is 19.8 Å². The van der Waals surface area contributed by atoms with Gasteiger partial charge in [0, 0.05) is 18.7 Å². The number of rotatable bonds is 13. The molecule has 0 aliphatic carbocycles. The molecule has 0 saturated carbocycles. The van der Waals surface area contributed by atoms with Gasteiger partial charge < -0.3 is 14.4 Å².